The van der Waals surface area contributed by atoms with E-state index in [1.165, 1.54) is 4.68 Å². The molecule has 11 radical (unpaired) electrons. The fraction of sp³-hybridized carbons (Fsp3) is 0.182. The average molecular weight is 951 g/mol. The molecule has 3 aromatic rings. The van der Waals surface area contributed by atoms with Gasteiger partial charge in [-0.05, 0) is 12.3 Å². The molecule has 0 atom stereocenters. The number of anilines is 1. The van der Waals surface area contributed by atoms with E-state index in [-0.39, 0.29) is 267 Å². The average Bonchev–Trinajstić information content (AvgIpc) is 2.94. The Morgan fingerprint density at radius 3 is 1.90 bits per heavy atom. The minimum atomic E-state index is 0. The molecule has 3 rings (SSSR count). The molecule has 0 saturated heterocycles. The fourth-order valence-corrected chi connectivity index (χ4v) is 1.75. The molecule has 0 aliphatic carbocycles. The Kier molecular flexibility index (Phi) is 62.6. The van der Waals surface area contributed by atoms with Crippen LogP contribution in [0.2, 0.25) is 0 Å². The largest absolute Gasteiger partial charge is 0.457 e. The van der Waals surface area contributed by atoms with Crippen LogP contribution < -0.4 is 10.7 Å². The first-order valence-corrected chi connectivity index (χ1v) is 5.30. The van der Waals surface area contributed by atoms with E-state index in [2.05, 4.69) is 44.5 Å². The maximum absolute atomic E-state index is 5.63. The van der Waals surface area contributed by atoms with E-state index in [1.54, 1.807) is 0 Å². The van der Waals surface area contributed by atoms with E-state index in [4.69, 9.17) is 5.73 Å². The summed E-state index contributed by atoms with van der Waals surface area (Å²) >= 11 is 0. The monoisotopic (exact) mass is 951 g/mol. The van der Waals surface area contributed by atoms with Gasteiger partial charge in [-0.3, -0.25) is 0 Å². The predicted octanol–water partition coefficient (Wildman–Crippen LogP) is 0.00779. The van der Waals surface area contributed by atoms with Crippen molar-refractivity contribution < 1.29 is 261 Å². The number of hydrogen-bond acceptors (Lipinski definition) is 5. The van der Waals surface area contributed by atoms with Gasteiger partial charge in [0.25, 0.3) is 0 Å². The molecule has 0 amide bonds. The first kappa shape index (κ1) is 59.9. The number of nitrogens with zero attached hydrogens (tertiary/aromatic N) is 6. The quantitative estimate of drug-likeness (QED) is 0.365. The molecule has 3 aromatic heterocycles. The van der Waals surface area contributed by atoms with Crippen molar-refractivity contribution >= 4 is 17.0 Å². The van der Waals surface area contributed by atoms with Crippen molar-refractivity contribution in [2.45, 2.75) is 13.3 Å². The van der Waals surface area contributed by atoms with Crippen molar-refractivity contribution in [2.24, 2.45) is 0 Å². The summed E-state index contributed by atoms with van der Waals surface area (Å²) < 4.78 is 1.32. The second kappa shape index (κ2) is 30.3. The van der Waals surface area contributed by atoms with Crippen LogP contribution in [0.15, 0.2) is 0 Å². The molecular weight excluding hydrogens is 942 g/mol. The summed E-state index contributed by atoms with van der Waals surface area (Å²) in [5, 5.41) is 3.84. The molecule has 2 N–H and O–H groups in total. The molecule has 0 spiro atoms. The molecular formula is C11H9N7V7Y4-4. The number of rotatable bonds is 2. The number of aryl methyl sites for hydroxylation is 1. The Hall–Kier alpha value is 6.07. The van der Waals surface area contributed by atoms with Crippen LogP contribution in [0, 0.1) is 26.4 Å². The van der Waals surface area contributed by atoms with Crippen molar-refractivity contribution in [1.82, 2.24) is 29.7 Å². The molecule has 18 heteroatoms. The van der Waals surface area contributed by atoms with Crippen molar-refractivity contribution in [3.8, 4) is 5.95 Å². The van der Waals surface area contributed by atoms with Gasteiger partial charge in [-0.1, -0.05) is 24.3 Å². The van der Waals surface area contributed by atoms with Crippen molar-refractivity contribution in [3.05, 3.63) is 30.7 Å². The molecule has 0 saturated carbocycles. The van der Waals surface area contributed by atoms with Gasteiger partial charge in [-0.25, -0.2) is 0 Å². The molecule has 7 nitrogen and oxygen atoms in total. The summed E-state index contributed by atoms with van der Waals surface area (Å²) in [5.41, 5.74) is 8.73. The van der Waals surface area contributed by atoms with Crippen molar-refractivity contribution in [1.29, 1.82) is 0 Å². The van der Waals surface area contributed by atoms with Gasteiger partial charge in [0.05, 0.1) is 0 Å². The topological polar surface area (TPSA) is 96.6 Å². The molecule has 0 fully saturated rings. The smallest absolute Gasteiger partial charge is 0.0107 e. The van der Waals surface area contributed by atoms with Crippen LogP contribution >= 0.6 is 0 Å². The first-order chi connectivity index (χ1) is 8.70. The van der Waals surface area contributed by atoms with Crippen LogP contribution in [0.25, 0.3) is 17.0 Å². The third kappa shape index (κ3) is 15.8. The van der Waals surface area contributed by atoms with Crippen LogP contribution in [-0.2, 0) is 267 Å². The minimum Gasteiger partial charge on any atom is -0.457 e. The number of nitrogen functional groups attached to an aromatic ring is 1. The SMILES string of the molecule is [CH2-]Cc1c(C)n[c-]c2nc(-n3n[c-]nc3N)[n-]c12.[V].[V].[V].[V].[V].[V].[V].[Y].[Y].[Y].[Y]. The van der Waals surface area contributed by atoms with E-state index >= 15 is 0 Å². The van der Waals surface area contributed by atoms with E-state index in [0.29, 0.717) is 17.9 Å². The summed E-state index contributed by atoms with van der Waals surface area (Å²) in [4.78, 5) is 16.5. The van der Waals surface area contributed by atoms with Gasteiger partial charge < -0.3 is 42.4 Å². The van der Waals surface area contributed by atoms with Crippen molar-refractivity contribution in [3.63, 3.8) is 0 Å². The number of imidazole rings is 1. The Labute approximate surface area is 355 Å². The molecule has 0 aliphatic rings. The summed E-state index contributed by atoms with van der Waals surface area (Å²) in [6.45, 7) is 5.76. The maximum atomic E-state index is 5.63. The minimum absolute atomic E-state index is 0. The Bertz CT molecular complexity index is 747. The standard InChI is InChI=1S/C11H9N7.7V.4Y/c1-3-7-6(2)13-4-8-9(7)17-11(16-8)18-10(12)14-5-15-18;;;;;;;;;;;/h1,3H2,2H3,(H2-,12,14,15,16,17);;;;;;;;;;;/q-4;;;;;;;;;;;. The van der Waals surface area contributed by atoms with Crippen LogP contribution in [0.3, 0.4) is 0 Å². The van der Waals surface area contributed by atoms with Crippen LogP contribution in [0.1, 0.15) is 11.3 Å². The van der Waals surface area contributed by atoms with Gasteiger partial charge in [0.1, 0.15) is 0 Å². The van der Waals surface area contributed by atoms with Gasteiger partial charge in [-0.2, -0.15) is 12.0 Å². The Balaban J connectivity index is -0.0000000519. The number of nitrogens with two attached hydrogens (primary N) is 1. The van der Waals surface area contributed by atoms with E-state index in [0.717, 1.165) is 16.8 Å². The second-order valence-electron chi connectivity index (χ2n) is 3.74. The maximum Gasteiger partial charge on any atom is 0.0107 e. The zero-order valence-corrected chi connectivity index (χ0v) is 36.2. The van der Waals surface area contributed by atoms with Gasteiger partial charge in [0.15, 0.2) is 0 Å². The number of fused-ring (bicyclic) bond motifs is 1. The van der Waals surface area contributed by atoms with Gasteiger partial charge in [0.2, 0.25) is 0 Å². The third-order valence-electron chi connectivity index (χ3n) is 2.67. The summed E-state index contributed by atoms with van der Waals surface area (Å²) in [5.74, 6) is 0.528. The molecule has 0 unspecified atom stereocenters. The fourth-order valence-electron chi connectivity index (χ4n) is 1.75. The van der Waals surface area contributed by atoms with Gasteiger partial charge in [0, 0.05) is 267 Å². The molecule has 0 bridgehead atoms. The number of aromatic nitrogens is 6. The van der Waals surface area contributed by atoms with E-state index in [9.17, 15) is 0 Å². The Morgan fingerprint density at radius 1 is 0.966 bits per heavy atom. The molecule has 0 aromatic carbocycles. The first-order valence-electron chi connectivity index (χ1n) is 5.30. The molecule has 29 heavy (non-hydrogen) atoms. The third-order valence-corrected chi connectivity index (χ3v) is 2.67. The summed E-state index contributed by atoms with van der Waals surface area (Å²) in [6, 6.07) is 0. The molecule has 0 aliphatic heterocycles. The summed E-state index contributed by atoms with van der Waals surface area (Å²) in [7, 11) is 0. The van der Waals surface area contributed by atoms with Crippen molar-refractivity contribution in [2.75, 3.05) is 5.73 Å². The number of hydrogen-bond donors (Lipinski definition) is 1. The van der Waals surface area contributed by atoms with Crippen LogP contribution in [0.4, 0.5) is 5.95 Å². The summed E-state index contributed by atoms with van der Waals surface area (Å²) in [6.07, 6.45) is 5.82. The van der Waals surface area contributed by atoms with E-state index in [1.807, 2.05) is 6.92 Å². The van der Waals surface area contributed by atoms with E-state index < -0.39 is 0 Å². The Morgan fingerprint density at radius 2 is 1.48 bits per heavy atom. The van der Waals surface area contributed by atoms with Gasteiger partial charge >= 0.3 is 0 Å². The van der Waals surface area contributed by atoms with Crippen LogP contribution in [-0.4, -0.2) is 24.7 Å². The normalized spacial score (nSPS) is 6.97. The molecule has 3 heterocycles. The second-order valence-corrected chi connectivity index (χ2v) is 3.74. The zero-order chi connectivity index (χ0) is 12.7. The predicted molar refractivity (Wildman–Crippen MR) is 63.7 cm³/mol. The number of pyridine rings is 1. The van der Waals surface area contributed by atoms with Crippen LogP contribution in [0.5, 0.6) is 0 Å². The van der Waals surface area contributed by atoms with Gasteiger partial charge in [-0.15, -0.1) is 5.52 Å². The zero-order valence-electron chi connectivity index (χ0n) is 15.1. The molecule has 139 valence electrons.